The lowest BCUT2D eigenvalue weighted by Gasteiger charge is -2.37. The average Bonchev–Trinajstić information content (AvgIpc) is 3.58. The molecule has 5 aliphatic rings. The molecule has 5 atom stereocenters. The maximum Gasteiger partial charge on any atom is 0.318 e. The van der Waals surface area contributed by atoms with Crippen molar-refractivity contribution >= 4 is 11.5 Å². The van der Waals surface area contributed by atoms with E-state index in [0.717, 1.165) is 73.5 Å². The number of ether oxygens (including phenoxy) is 2. The summed E-state index contributed by atoms with van der Waals surface area (Å²) in [6, 6.07) is 2.90. The number of aromatic nitrogens is 2. The van der Waals surface area contributed by atoms with Crippen molar-refractivity contribution in [3.05, 3.63) is 39.8 Å². The first-order valence-electron chi connectivity index (χ1n) is 14.9. The summed E-state index contributed by atoms with van der Waals surface area (Å²) in [6.45, 7) is 7.80. The Morgan fingerprint density at radius 1 is 1.23 bits per heavy atom. The Bertz CT molecular complexity index is 1300. The largest absolute Gasteiger partial charge is 0.461 e. The van der Waals surface area contributed by atoms with Gasteiger partial charge in [-0.2, -0.15) is 9.97 Å². The van der Waals surface area contributed by atoms with Crippen LogP contribution in [0.2, 0.25) is 0 Å². The van der Waals surface area contributed by atoms with Crippen molar-refractivity contribution in [2.75, 3.05) is 43.4 Å². The molecule has 0 aliphatic carbocycles. The number of rotatable bonds is 6. The van der Waals surface area contributed by atoms with Gasteiger partial charge in [-0.15, -0.1) is 0 Å². The number of aryl methyl sites for hydroxylation is 1. The molecule has 1 aromatic heterocycles. The molecule has 3 N–H and O–H groups in total. The topological polar surface area (TPSA) is 88.8 Å². The Morgan fingerprint density at radius 3 is 2.80 bits per heavy atom. The van der Waals surface area contributed by atoms with Crippen LogP contribution in [0.1, 0.15) is 73.1 Å². The summed E-state index contributed by atoms with van der Waals surface area (Å²) in [4.78, 5) is 14.4. The van der Waals surface area contributed by atoms with Gasteiger partial charge in [-0.1, -0.05) is 6.92 Å². The zero-order valence-corrected chi connectivity index (χ0v) is 23.5. The minimum atomic E-state index is -0.817. The van der Waals surface area contributed by atoms with Crippen LogP contribution < -0.4 is 20.7 Å². The van der Waals surface area contributed by atoms with Crippen LogP contribution >= 0.6 is 0 Å². The zero-order chi connectivity index (χ0) is 27.6. The second-order valence-corrected chi connectivity index (χ2v) is 12.5. The number of nitrogen functional groups attached to an aromatic ring is 1. The van der Waals surface area contributed by atoms with Crippen LogP contribution in [0, 0.1) is 12.7 Å². The summed E-state index contributed by atoms with van der Waals surface area (Å²) < 4.78 is 42.6. The highest BCUT2D eigenvalue weighted by molar-refractivity contribution is 5.55. The molecule has 1 aromatic carbocycles. The Labute approximate surface area is 234 Å². The summed E-state index contributed by atoms with van der Waals surface area (Å²) in [7, 11) is 0. The van der Waals surface area contributed by atoms with Gasteiger partial charge in [0.2, 0.25) is 0 Å². The number of halogens is 2. The van der Waals surface area contributed by atoms with Crippen LogP contribution in [0.15, 0.2) is 6.07 Å². The predicted octanol–water partition coefficient (Wildman–Crippen LogP) is 3.78. The minimum Gasteiger partial charge on any atom is -0.461 e. The number of piperazine rings is 1. The lowest BCUT2D eigenvalue weighted by atomic mass is 9.90. The molecule has 40 heavy (non-hydrogen) atoms. The molecule has 2 unspecified atom stereocenters. The molecule has 5 aliphatic heterocycles. The SMILES string of the molecule is CCc1c(C)cc(N)c(F)c1[C@H]1Cc2nc(OC[C@@]34CCCN3C[C@H](F)C4)nc(N3CC4CCC(C3)N4)c2CO1. The molecule has 6 heterocycles. The summed E-state index contributed by atoms with van der Waals surface area (Å²) >= 11 is 0. The molecular weight excluding hydrogens is 514 g/mol. The molecule has 7 rings (SSSR count). The molecule has 216 valence electrons. The summed E-state index contributed by atoms with van der Waals surface area (Å²) in [6.07, 6.45) is 4.59. The number of alkyl halides is 1. The molecular formula is C30H40F2N6O2. The number of nitrogens with one attached hydrogen (secondary N) is 1. The third-order valence-corrected chi connectivity index (χ3v) is 9.94. The van der Waals surface area contributed by atoms with Crippen LogP contribution in [0.25, 0.3) is 0 Å². The van der Waals surface area contributed by atoms with Gasteiger partial charge in [0.25, 0.3) is 0 Å². The van der Waals surface area contributed by atoms with E-state index in [0.29, 0.717) is 62.7 Å². The number of hydrogen-bond acceptors (Lipinski definition) is 8. The van der Waals surface area contributed by atoms with Gasteiger partial charge in [0.05, 0.1) is 29.6 Å². The van der Waals surface area contributed by atoms with E-state index in [-0.39, 0.29) is 11.2 Å². The molecule has 0 saturated carbocycles. The number of nitrogens with two attached hydrogens (primary N) is 1. The molecule has 0 amide bonds. The highest BCUT2D eigenvalue weighted by atomic mass is 19.1. The third-order valence-electron chi connectivity index (χ3n) is 9.94. The third kappa shape index (κ3) is 4.43. The van der Waals surface area contributed by atoms with Crippen molar-refractivity contribution in [2.45, 2.75) is 95.3 Å². The summed E-state index contributed by atoms with van der Waals surface area (Å²) in [5, 5.41) is 3.69. The quantitative estimate of drug-likeness (QED) is 0.522. The fourth-order valence-corrected chi connectivity index (χ4v) is 8.05. The first-order chi connectivity index (χ1) is 19.3. The van der Waals surface area contributed by atoms with Crippen molar-refractivity contribution in [2.24, 2.45) is 0 Å². The summed E-state index contributed by atoms with van der Waals surface area (Å²) in [5.41, 5.74) is 10.1. The number of anilines is 2. The van der Waals surface area contributed by atoms with Crippen LogP contribution in [-0.2, 0) is 24.2 Å². The van der Waals surface area contributed by atoms with E-state index in [1.54, 1.807) is 6.07 Å². The van der Waals surface area contributed by atoms with Gasteiger partial charge >= 0.3 is 6.01 Å². The van der Waals surface area contributed by atoms with Crippen molar-refractivity contribution in [3.63, 3.8) is 0 Å². The second kappa shape index (κ2) is 10.1. The maximum atomic E-state index is 15.5. The predicted molar refractivity (Wildman–Crippen MR) is 149 cm³/mol. The molecule has 0 spiro atoms. The lowest BCUT2D eigenvalue weighted by Crippen LogP contribution is -2.52. The van der Waals surface area contributed by atoms with E-state index >= 15 is 4.39 Å². The van der Waals surface area contributed by atoms with Crippen LogP contribution in [0.3, 0.4) is 0 Å². The van der Waals surface area contributed by atoms with Gasteiger partial charge < -0.3 is 25.4 Å². The van der Waals surface area contributed by atoms with E-state index in [2.05, 4.69) is 15.1 Å². The zero-order valence-electron chi connectivity index (χ0n) is 23.5. The first-order valence-corrected chi connectivity index (χ1v) is 14.9. The molecule has 4 saturated heterocycles. The highest BCUT2D eigenvalue weighted by Gasteiger charge is 2.49. The summed E-state index contributed by atoms with van der Waals surface area (Å²) in [5.74, 6) is 0.454. The van der Waals surface area contributed by atoms with Gasteiger partial charge in [-0.25, -0.2) is 8.78 Å². The molecule has 4 fully saturated rings. The minimum absolute atomic E-state index is 0.144. The lowest BCUT2D eigenvalue weighted by molar-refractivity contribution is 0.0227. The van der Waals surface area contributed by atoms with E-state index < -0.39 is 18.1 Å². The fraction of sp³-hybridized carbons (Fsp3) is 0.667. The van der Waals surface area contributed by atoms with Crippen molar-refractivity contribution < 1.29 is 18.3 Å². The molecule has 2 bridgehead atoms. The Hall–Kier alpha value is -2.56. The highest BCUT2D eigenvalue weighted by Crippen LogP contribution is 2.42. The normalized spacial score (nSPS) is 31.4. The monoisotopic (exact) mass is 554 g/mol. The van der Waals surface area contributed by atoms with Gasteiger partial charge in [-0.3, -0.25) is 4.90 Å². The first kappa shape index (κ1) is 26.3. The maximum absolute atomic E-state index is 15.5. The molecule has 8 nitrogen and oxygen atoms in total. The van der Waals surface area contributed by atoms with E-state index in [4.69, 9.17) is 25.2 Å². The van der Waals surface area contributed by atoms with Crippen LogP contribution in [-0.4, -0.2) is 71.4 Å². The van der Waals surface area contributed by atoms with Crippen molar-refractivity contribution in [1.82, 2.24) is 20.2 Å². The van der Waals surface area contributed by atoms with Crippen LogP contribution in [0.4, 0.5) is 20.3 Å². The van der Waals surface area contributed by atoms with E-state index in [1.165, 1.54) is 0 Å². The van der Waals surface area contributed by atoms with Gasteiger partial charge in [-0.05, 0) is 62.8 Å². The van der Waals surface area contributed by atoms with Gasteiger partial charge in [0.1, 0.15) is 18.6 Å². The Morgan fingerprint density at radius 2 is 2.02 bits per heavy atom. The fourth-order valence-electron chi connectivity index (χ4n) is 8.05. The molecule has 2 aromatic rings. The second-order valence-electron chi connectivity index (χ2n) is 12.5. The standard InChI is InChI=1S/C30H40F2N6O2/c1-3-21-17(2)9-23(33)27(32)26(21)25-10-24-22(15-39-25)28(37-13-19-5-6-20(14-37)34-19)36-29(35-24)40-16-30-7-4-8-38(30)12-18(31)11-30/h9,18-20,25,34H,3-8,10-16,33H2,1-2H3/t18-,19?,20?,25-,30+/m1/s1. The van der Waals surface area contributed by atoms with Crippen LogP contribution in [0.5, 0.6) is 6.01 Å². The number of benzene rings is 1. The van der Waals surface area contributed by atoms with Gasteiger partial charge in [0.15, 0.2) is 5.82 Å². The van der Waals surface area contributed by atoms with Crippen molar-refractivity contribution in [3.8, 4) is 6.01 Å². The van der Waals surface area contributed by atoms with E-state index in [9.17, 15) is 4.39 Å². The van der Waals surface area contributed by atoms with Gasteiger partial charge in [0, 0.05) is 55.7 Å². The number of nitrogens with zero attached hydrogens (tertiary/aromatic N) is 4. The van der Waals surface area contributed by atoms with E-state index in [1.807, 2.05) is 13.8 Å². The average molecular weight is 555 g/mol. The number of hydrogen-bond donors (Lipinski definition) is 2. The smallest absolute Gasteiger partial charge is 0.318 e. The Kier molecular flexibility index (Phi) is 6.63. The Balaban J connectivity index is 1.23. The number of fused-ring (bicyclic) bond motifs is 4. The van der Waals surface area contributed by atoms with Crippen molar-refractivity contribution in [1.29, 1.82) is 0 Å². The molecule has 10 heteroatoms. The molecule has 0 radical (unpaired) electrons.